The molecule has 0 saturated carbocycles. The minimum atomic E-state index is -0.481. The van der Waals surface area contributed by atoms with Crippen LogP contribution in [0, 0.1) is 22.7 Å². The summed E-state index contributed by atoms with van der Waals surface area (Å²) in [6, 6.07) is 3.87. The molecule has 3 heterocycles. The van der Waals surface area contributed by atoms with Gasteiger partial charge in [-0.2, -0.15) is 10.5 Å². The fourth-order valence-electron chi connectivity index (χ4n) is 2.81. The third-order valence-corrected chi connectivity index (χ3v) is 6.27. The van der Waals surface area contributed by atoms with Gasteiger partial charge in [0.15, 0.2) is 6.29 Å². The molecular weight excluding hydrogens is 404 g/mol. The number of hydrogen-bond donors (Lipinski definition) is 1. The highest BCUT2D eigenvalue weighted by Crippen LogP contribution is 2.23. The molecule has 3 aliphatic rings. The molecular formula is C17H24N4O5S2. The summed E-state index contributed by atoms with van der Waals surface area (Å²) in [6.45, 7) is 1.75. The van der Waals surface area contributed by atoms with Crippen LogP contribution in [0.1, 0.15) is 19.3 Å². The lowest BCUT2D eigenvalue weighted by Crippen LogP contribution is -2.44. The Balaban J connectivity index is 0.000000221. The van der Waals surface area contributed by atoms with E-state index in [0.29, 0.717) is 24.6 Å². The molecule has 2 amide bonds. The van der Waals surface area contributed by atoms with Crippen molar-refractivity contribution in [3.63, 3.8) is 0 Å². The maximum absolute atomic E-state index is 11.5. The summed E-state index contributed by atoms with van der Waals surface area (Å²) >= 11 is 2.28. The highest BCUT2D eigenvalue weighted by Gasteiger charge is 2.29. The van der Waals surface area contributed by atoms with Gasteiger partial charge in [-0.15, -0.1) is 0 Å². The molecule has 0 spiro atoms. The minimum Gasteiger partial charge on any atom is -0.390 e. The first-order valence-corrected chi connectivity index (χ1v) is 11.0. The van der Waals surface area contributed by atoms with Crippen molar-refractivity contribution in [1.82, 2.24) is 9.80 Å². The Labute approximate surface area is 172 Å². The third-order valence-electron chi connectivity index (χ3n) is 4.17. The predicted octanol–water partition coefficient (Wildman–Crippen LogP) is 1.63. The fraction of sp³-hybridized carbons (Fsp3) is 0.765. The van der Waals surface area contributed by atoms with Crippen molar-refractivity contribution in [2.45, 2.75) is 37.8 Å². The predicted molar refractivity (Wildman–Crippen MR) is 105 cm³/mol. The number of hydrogen-bond acceptors (Lipinski definition) is 9. The molecule has 0 radical (unpaired) electrons. The SMILES string of the molecule is N#CCN1CC(O)CSC1=O.N#CCN1CC(OC2CCCCO2)CSC1=O. The maximum atomic E-state index is 11.5. The van der Waals surface area contributed by atoms with Crippen LogP contribution < -0.4 is 0 Å². The monoisotopic (exact) mass is 428 g/mol. The van der Waals surface area contributed by atoms with Gasteiger partial charge in [-0.1, -0.05) is 23.5 Å². The number of rotatable bonds is 4. The van der Waals surface area contributed by atoms with Crippen LogP contribution in [0.25, 0.3) is 0 Å². The molecule has 0 aromatic carbocycles. The van der Waals surface area contributed by atoms with Gasteiger partial charge in [-0.3, -0.25) is 9.59 Å². The molecule has 3 unspecified atom stereocenters. The number of ether oxygens (including phenoxy) is 2. The number of nitriles is 2. The number of aliphatic hydroxyl groups excluding tert-OH is 1. The Morgan fingerprint density at radius 3 is 2.32 bits per heavy atom. The highest BCUT2D eigenvalue weighted by atomic mass is 32.2. The summed E-state index contributed by atoms with van der Waals surface area (Å²) in [5, 5.41) is 25.9. The van der Waals surface area contributed by atoms with Gasteiger partial charge in [0.05, 0.1) is 24.3 Å². The van der Waals surface area contributed by atoms with Crippen LogP contribution in [-0.2, 0) is 9.47 Å². The van der Waals surface area contributed by atoms with Crippen LogP contribution in [0.15, 0.2) is 0 Å². The van der Waals surface area contributed by atoms with E-state index in [0.717, 1.165) is 37.6 Å². The topological polar surface area (TPSA) is 127 Å². The van der Waals surface area contributed by atoms with E-state index >= 15 is 0 Å². The van der Waals surface area contributed by atoms with Crippen molar-refractivity contribution in [2.24, 2.45) is 0 Å². The summed E-state index contributed by atoms with van der Waals surface area (Å²) < 4.78 is 11.3. The van der Waals surface area contributed by atoms with E-state index in [-0.39, 0.29) is 36.0 Å². The number of nitrogens with zero attached hydrogens (tertiary/aromatic N) is 4. The lowest BCUT2D eigenvalue weighted by atomic mass is 10.2. The average molecular weight is 429 g/mol. The second-order valence-corrected chi connectivity index (χ2v) is 8.38. The first kappa shape index (κ1) is 22.8. The van der Waals surface area contributed by atoms with Crippen LogP contribution in [0.2, 0.25) is 0 Å². The summed E-state index contributed by atoms with van der Waals surface area (Å²) in [5.74, 6) is 1.10. The third kappa shape index (κ3) is 7.49. The van der Waals surface area contributed by atoms with E-state index < -0.39 is 6.10 Å². The van der Waals surface area contributed by atoms with Crippen molar-refractivity contribution < 1.29 is 24.2 Å². The van der Waals surface area contributed by atoms with Crippen LogP contribution in [-0.4, -0.2) is 88.2 Å². The van der Waals surface area contributed by atoms with Gasteiger partial charge in [0.2, 0.25) is 0 Å². The van der Waals surface area contributed by atoms with Gasteiger partial charge in [-0.25, -0.2) is 0 Å². The van der Waals surface area contributed by atoms with Crippen LogP contribution in [0.3, 0.4) is 0 Å². The molecule has 0 aromatic heterocycles. The first-order chi connectivity index (χ1) is 13.5. The lowest BCUT2D eigenvalue weighted by molar-refractivity contribution is -0.185. The molecule has 3 atom stereocenters. The summed E-state index contributed by atoms with van der Waals surface area (Å²) in [4.78, 5) is 25.3. The standard InChI is InChI=1S/C11H16N2O3S.C6H8N2O2S/c12-4-5-13-7-9(8-17-11(13)14)16-10-3-1-2-6-15-10;7-1-2-8-3-5(9)4-11-6(8)10/h9-10H,1-3,5-8H2;5,9H,2-4H2. The number of β-amino-alcohol motifs (C(OH)–C–C–N with tert-alkyl or cyclic N) is 1. The average Bonchev–Trinajstić information content (AvgIpc) is 2.69. The van der Waals surface area contributed by atoms with Crippen molar-refractivity contribution in [2.75, 3.05) is 44.3 Å². The maximum Gasteiger partial charge on any atom is 0.282 e. The Bertz CT molecular complexity index is 618. The Morgan fingerprint density at radius 2 is 1.71 bits per heavy atom. The lowest BCUT2D eigenvalue weighted by Gasteiger charge is -2.33. The van der Waals surface area contributed by atoms with E-state index in [4.69, 9.17) is 25.1 Å². The van der Waals surface area contributed by atoms with Crippen molar-refractivity contribution in [1.29, 1.82) is 10.5 Å². The Morgan fingerprint density at radius 1 is 1.07 bits per heavy atom. The molecule has 3 fully saturated rings. The highest BCUT2D eigenvalue weighted by molar-refractivity contribution is 8.13. The molecule has 0 bridgehead atoms. The van der Waals surface area contributed by atoms with Gasteiger partial charge in [0.25, 0.3) is 10.5 Å². The minimum absolute atomic E-state index is 0.0193. The summed E-state index contributed by atoms with van der Waals surface area (Å²) in [7, 11) is 0. The van der Waals surface area contributed by atoms with Crippen molar-refractivity contribution in [3.05, 3.63) is 0 Å². The quantitative estimate of drug-likeness (QED) is 0.665. The van der Waals surface area contributed by atoms with Crippen molar-refractivity contribution in [3.8, 4) is 12.1 Å². The molecule has 3 rings (SSSR count). The van der Waals surface area contributed by atoms with E-state index in [1.807, 2.05) is 12.1 Å². The number of amides is 2. The fourth-order valence-corrected chi connectivity index (χ4v) is 4.41. The zero-order chi connectivity index (χ0) is 20.4. The van der Waals surface area contributed by atoms with Crippen LogP contribution in [0.4, 0.5) is 9.59 Å². The smallest absolute Gasteiger partial charge is 0.282 e. The molecule has 1 N–H and O–H groups in total. The molecule has 3 aliphatic heterocycles. The number of thioether (sulfide) groups is 2. The largest absolute Gasteiger partial charge is 0.390 e. The molecule has 0 aromatic rings. The zero-order valence-electron chi connectivity index (χ0n) is 15.5. The Hall–Kier alpha value is -1.50. The van der Waals surface area contributed by atoms with Crippen LogP contribution in [0.5, 0.6) is 0 Å². The van der Waals surface area contributed by atoms with E-state index in [9.17, 15) is 9.59 Å². The molecule has 0 aliphatic carbocycles. The first-order valence-electron chi connectivity index (χ1n) is 9.06. The van der Waals surface area contributed by atoms with E-state index in [1.165, 1.54) is 21.6 Å². The van der Waals surface area contributed by atoms with Gasteiger partial charge in [-0.05, 0) is 19.3 Å². The number of carbonyl (C=O) groups is 2. The molecule has 28 heavy (non-hydrogen) atoms. The van der Waals surface area contributed by atoms with Gasteiger partial charge in [0.1, 0.15) is 13.1 Å². The molecule has 154 valence electrons. The van der Waals surface area contributed by atoms with Crippen LogP contribution >= 0.6 is 23.5 Å². The number of carbonyl (C=O) groups excluding carboxylic acids is 2. The van der Waals surface area contributed by atoms with Gasteiger partial charge in [0, 0.05) is 31.2 Å². The summed E-state index contributed by atoms with van der Waals surface area (Å²) in [6.07, 6.45) is 2.52. The van der Waals surface area contributed by atoms with E-state index in [2.05, 4.69) is 0 Å². The van der Waals surface area contributed by atoms with Gasteiger partial charge < -0.3 is 24.4 Å². The van der Waals surface area contributed by atoms with Gasteiger partial charge >= 0.3 is 0 Å². The number of aliphatic hydroxyl groups is 1. The Kier molecular flexibility index (Phi) is 9.88. The molecule has 9 nitrogen and oxygen atoms in total. The molecule has 3 saturated heterocycles. The normalized spacial score (nSPS) is 28.0. The van der Waals surface area contributed by atoms with E-state index in [1.54, 1.807) is 0 Å². The second-order valence-electron chi connectivity index (χ2n) is 6.44. The second kappa shape index (κ2) is 12.1. The molecule has 11 heteroatoms. The summed E-state index contributed by atoms with van der Waals surface area (Å²) in [5.41, 5.74) is 0. The van der Waals surface area contributed by atoms with Crippen molar-refractivity contribution >= 4 is 34.0 Å². The zero-order valence-corrected chi connectivity index (χ0v) is 17.1.